The Morgan fingerprint density at radius 2 is 1.10 bits per heavy atom. The van der Waals surface area contributed by atoms with Gasteiger partial charge in [0.15, 0.2) is 0 Å². The Morgan fingerprint density at radius 3 is 1.50 bits per heavy atom. The highest BCUT2D eigenvalue weighted by Crippen LogP contribution is 2.29. The van der Waals surface area contributed by atoms with Gasteiger partial charge >= 0.3 is 0 Å². The van der Waals surface area contributed by atoms with E-state index in [2.05, 4.69) is 0 Å². The van der Waals surface area contributed by atoms with Crippen LogP contribution in [0.25, 0.3) is 22.5 Å². The molecular weight excluding hydrogens is 374 g/mol. The number of hydrogen-bond acceptors (Lipinski definition) is 4. The van der Waals surface area contributed by atoms with Gasteiger partial charge in [-0.1, -0.05) is 78.9 Å². The fraction of sp³-hybridized carbons (Fsp3) is 0.0435. The summed E-state index contributed by atoms with van der Waals surface area (Å²) in [5, 5.41) is 24.7. The number of rotatable bonds is 6. The van der Waals surface area contributed by atoms with Crippen LogP contribution in [-0.4, -0.2) is 26.7 Å². The highest BCUT2D eigenvalue weighted by Gasteiger charge is 2.16. The van der Waals surface area contributed by atoms with E-state index in [-0.39, 0.29) is 11.7 Å². The van der Waals surface area contributed by atoms with Gasteiger partial charge in [-0.05, 0) is 5.56 Å². The first-order valence-corrected chi connectivity index (χ1v) is 9.40. The Balaban J connectivity index is 1.77. The van der Waals surface area contributed by atoms with Gasteiger partial charge in [-0.3, -0.25) is 10.8 Å². The minimum atomic E-state index is 0.0225. The molecular formula is C23H21N7. The van der Waals surface area contributed by atoms with Crippen LogP contribution in [-0.2, 0) is 6.54 Å². The molecule has 148 valence electrons. The van der Waals surface area contributed by atoms with Crippen molar-refractivity contribution >= 4 is 11.7 Å². The number of benzene rings is 3. The Kier molecular flexibility index (Phi) is 5.09. The van der Waals surface area contributed by atoms with E-state index in [1.54, 1.807) is 29.1 Å². The van der Waals surface area contributed by atoms with Crippen LogP contribution < -0.4 is 11.5 Å². The molecule has 0 aliphatic heterocycles. The van der Waals surface area contributed by atoms with Crippen LogP contribution in [0.2, 0.25) is 0 Å². The van der Waals surface area contributed by atoms with Gasteiger partial charge in [0.25, 0.3) is 0 Å². The number of aromatic nitrogens is 3. The molecule has 1 heterocycles. The zero-order valence-electron chi connectivity index (χ0n) is 16.2. The largest absolute Gasteiger partial charge is 0.384 e. The third kappa shape index (κ3) is 3.95. The van der Waals surface area contributed by atoms with Gasteiger partial charge in [-0.2, -0.15) is 15.0 Å². The summed E-state index contributed by atoms with van der Waals surface area (Å²) in [6.45, 7) is 0.547. The summed E-state index contributed by atoms with van der Waals surface area (Å²) >= 11 is 0. The van der Waals surface area contributed by atoms with Crippen molar-refractivity contribution in [2.45, 2.75) is 6.54 Å². The molecule has 7 nitrogen and oxygen atoms in total. The van der Waals surface area contributed by atoms with Gasteiger partial charge in [0.05, 0.1) is 6.54 Å². The third-order valence-electron chi connectivity index (χ3n) is 4.76. The number of hydrogen-bond donors (Lipinski definition) is 4. The van der Waals surface area contributed by atoms with E-state index in [9.17, 15) is 0 Å². The van der Waals surface area contributed by atoms with Crippen molar-refractivity contribution < 1.29 is 0 Å². The van der Waals surface area contributed by atoms with Crippen molar-refractivity contribution in [1.29, 1.82) is 10.8 Å². The topological polar surface area (TPSA) is 130 Å². The molecule has 4 aromatic rings. The summed E-state index contributed by atoms with van der Waals surface area (Å²) < 4.78 is 0. The lowest BCUT2D eigenvalue weighted by Gasteiger charge is -2.04. The summed E-state index contributed by atoms with van der Waals surface area (Å²) in [6, 6.07) is 24.8. The molecule has 0 spiro atoms. The van der Waals surface area contributed by atoms with E-state index in [0.717, 1.165) is 28.1 Å². The van der Waals surface area contributed by atoms with Crippen molar-refractivity contribution in [3.8, 4) is 22.5 Å². The fourth-order valence-corrected chi connectivity index (χ4v) is 3.17. The van der Waals surface area contributed by atoms with E-state index in [1.807, 2.05) is 54.6 Å². The van der Waals surface area contributed by atoms with Gasteiger partial charge in [0.1, 0.15) is 23.1 Å². The first-order valence-electron chi connectivity index (χ1n) is 9.40. The van der Waals surface area contributed by atoms with Crippen molar-refractivity contribution in [3.63, 3.8) is 0 Å². The molecule has 0 aliphatic carbocycles. The average Bonchev–Trinajstić information content (AvgIpc) is 3.18. The van der Waals surface area contributed by atoms with Crippen LogP contribution in [0.4, 0.5) is 0 Å². The summed E-state index contributed by atoms with van der Waals surface area (Å²) in [4.78, 5) is 1.68. The monoisotopic (exact) mass is 395 g/mol. The van der Waals surface area contributed by atoms with Crippen molar-refractivity contribution in [1.82, 2.24) is 15.0 Å². The maximum atomic E-state index is 7.59. The van der Waals surface area contributed by atoms with Gasteiger partial charge in [-0.15, -0.1) is 0 Å². The summed E-state index contributed by atoms with van der Waals surface area (Å²) in [5.41, 5.74) is 16.8. The summed E-state index contributed by atoms with van der Waals surface area (Å²) in [6.07, 6.45) is 0. The van der Waals surface area contributed by atoms with Crippen LogP contribution in [0, 0.1) is 10.8 Å². The molecule has 7 heteroatoms. The highest BCUT2D eigenvalue weighted by atomic mass is 15.5. The zero-order valence-corrected chi connectivity index (χ0v) is 16.2. The van der Waals surface area contributed by atoms with Gasteiger partial charge in [0, 0.05) is 22.3 Å². The SMILES string of the molecule is N=C(N)c1ccc(-c2nn(Cc3ccccc3)nc2-c2ccc(C(=N)N)cc2)cc1. The van der Waals surface area contributed by atoms with Gasteiger partial charge < -0.3 is 11.5 Å². The lowest BCUT2D eigenvalue weighted by Crippen LogP contribution is -2.10. The standard InChI is InChI=1S/C23H21N7/c24-22(25)18-10-6-16(7-11-18)20-21(17-8-12-19(13-9-17)23(26)27)29-30(28-20)14-15-4-2-1-3-5-15/h1-13H,14H2,(H3,24,25)(H3,26,27). The molecule has 0 fully saturated rings. The Hall–Kier alpha value is -4.26. The quantitative estimate of drug-likeness (QED) is 0.295. The second kappa shape index (κ2) is 8.00. The van der Waals surface area contributed by atoms with Crippen LogP contribution in [0.15, 0.2) is 78.9 Å². The lowest BCUT2D eigenvalue weighted by atomic mass is 10.0. The van der Waals surface area contributed by atoms with Crippen LogP contribution in [0.3, 0.4) is 0 Å². The summed E-state index contributed by atoms with van der Waals surface area (Å²) in [5.74, 6) is 0.0450. The number of nitrogens with one attached hydrogen (secondary N) is 2. The zero-order chi connectivity index (χ0) is 21.1. The van der Waals surface area contributed by atoms with E-state index in [0.29, 0.717) is 17.7 Å². The fourth-order valence-electron chi connectivity index (χ4n) is 3.17. The molecule has 6 N–H and O–H groups in total. The second-order valence-electron chi connectivity index (χ2n) is 6.90. The minimum absolute atomic E-state index is 0.0225. The first-order chi connectivity index (χ1) is 14.5. The number of nitrogens with zero attached hydrogens (tertiary/aromatic N) is 3. The third-order valence-corrected chi connectivity index (χ3v) is 4.76. The normalized spacial score (nSPS) is 10.7. The van der Waals surface area contributed by atoms with Crippen LogP contribution >= 0.6 is 0 Å². The highest BCUT2D eigenvalue weighted by molar-refractivity contribution is 5.96. The van der Waals surface area contributed by atoms with E-state index in [1.165, 1.54) is 0 Å². The van der Waals surface area contributed by atoms with E-state index >= 15 is 0 Å². The molecule has 30 heavy (non-hydrogen) atoms. The Bertz CT molecular complexity index is 1120. The van der Waals surface area contributed by atoms with E-state index in [4.69, 9.17) is 32.5 Å². The van der Waals surface area contributed by atoms with Crippen LogP contribution in [0.1, 0.15) is 16.7 Å². The molecule has 0 amide bonds. The number of nitrogens with two attached hydrogens (primary N) is 2. The van der Waals surface area contributed by atoms with Gasteiger partial charge in [0.2, 0.25) is 0 Å². The van der Waals surface area contributed by atoms with E-state index < -0.39 is 0 Å². The molecule has 0 bridgehead atoms. The molecule has 0 aliphatic rings. The molecule has 3 aromatic carbocycles. The predicted molar refractivity (Wildman–Crippen MR) is 118 cm³/mol. The summed E-state index contributed by atoms with van der Waals surface area (Å²) in [7, 11) is 0. The lowest BCUT2D eigenvalue weighted by molar-refractivity contribution is 0.594. The van der Waals surface area contributed by atoms with Crippen molar-refractivity contribution in [2.24, 2.45) is 11.5 Å². The Labute approximate surface area is 174 Å². The molecule has 0 saturated heterocycles. The molecule has 0 atom stereocenters. The van der Waals surface area contributed by atoms with Gasteiger partial charge in [-0.25, -0.2) is 0 Å². The number of nitrogen functional groups attached to an aromatic ring is 2. The second-order valence-corrected chi connectivity index (χ2v) is 6.90. The minimum Gasteiger partial charge on any atom is -0.384 e. The average molecular weight is 395 g/mol. The van der Waals surface area contributed by atoms with Crippen molar-refractivity contribution in [3.05, 3.63) is 95.6 Å². The number of amidine groups is 2. The Morgan fingerprint density at radius 1 is 0.667 bits per heavy atom. The maximum Gasteiger partial charge on any atom is 0.122 e. The predicted octanol–water partition coefficient (Wildman–Crippen LogP) is 3.23. The molecule has 1 aromatic heterocycles. The first kappa shape index (κ1) is 19.1. The molecule has 0 radical (unpaired) electrons. The van der Waals surface area contributed by atoms with Crippen LogP contribution in [0.5, 0.6) is 0 Å². The molecule has 0 unspecified atom stereocenters. The smallest absolute Gasteiger partial charge is 0.122 e. The van der Waals surface area contributed by atoms with Crippen molar-refractivity contribution in [2.75, 3.05) is 0 Å². The maximum absolute atomic E-state index is 7.59. The molecule has 4 rings (SSSR count). The molecule has 0 saturated carbocycles.